The largest absolute Gasteiger partial charge is 0.450 e. The van der Waals surface area contributed by atoms with Gasteiger partial charge in [-0.05, 0) is 111 Å². The Labute approximate surface area is 201 Å². The number of hydrogen-bond acceptors (Lipinski definition) is 4. The fraction of sp³-hybridized carbons (Fsp3) is 0.964. The van der Waals surface area contributed by atoms with Crippen molar-refractivity contribution in [2.24, 2.45) is 52.3 Å². The maximum atomic E-state index is 11.8. The summed E-state index contributed by atoms with van der Waals surface area (Å²) >= 11 is 0. The lowest BCUT2D eigenvalue weighted by Crippen LogP contribution is -2.62. The molecule has 4 rings (SSSR count). The van der Waals surface area contributed by atoms with Crippen LogP contribution in [0.4, 0.5) is 4.79 Å². The number of aliphatic hydroxyl groups is 2. The molecule has 190 valence electrons. The number of nitrogens with one attached hydrogen (secondary N) is 1. The summed E-state index contributed by atoms with van der Waals surface area (Å²) in [5.41, 5.74) is 0.526. The van der Waals surface area contributed by atoms with Gasteiger partial charge in [0.1, 0.15) is 0 Å². The minimum Gasteiger partial charge on any atom is -0.450 e. The SMILES string of the molecule is CCNC(=O)OCC[C@@H](C)[C@H]1CC[C@H]2[C@@H]3[C@H](O)[C@H](CC)[C@@H]4C[C@H](O)CC[C@]4(C)[C@H]3CC[C@]12C. The summed E-state index contributed by atoms with van der Waals surface area (Å²) in [6.45, 7) is 12.6. The molecule has 33 heavy (non-hydrogen) atoms. The molecule has 4 fully saturated rings. The highest BCUT2D eigenvalue weighted by molar-refractivity contribution is 5.66. The van der Waals surface area contributed by atoms with Gasteiger partial charge >= 0.3 is 6.09 Å². The van der Waals surface area contributed by atoms with E-state index in [-0.39, 0.29) is 29.1 Å². The molecule has 4 aliphatic carbocycles. The van der Waals surface area contributed by atoms with Gasteiger partial charge in [-0.2, -0.15) is 0 Å². The summed E-state index contributed by atoms with van der Waals surface area (Å²) in [6.07, 6.45) is 9.03. The predicted molar refractivity (Wildman–Crippen MR) is 131 cm³/mol. The van der Waals surface area contributed by atoms with Crippen molar-refractivity contribution in [1.29, 1.82) is 0 Å². The van der Waals surface area contributed by atoms with Crippen molar-refractivity contribution in [3.05, 3.63) is 0 Å². The zero-order valence-corrected chi connectivity index (χ0v) is 21.7. The molecule has 0 saturated heterocycles. The Balaban J connectivity index is 1.50. The summed E-state index contributed by atoms with van der Waals surface area (Å²) in [6, 6.07) is 0. The van der Waals surface area contributed by atoms with E-state index in [1.165, 1.54) is 25.7 Å². The maximum absolute atomic E-state index is 11.8. The van der Waals surface area contributed by atoms with Crippen LogP contribution in [0.1, 0.15) is 92.4 Å². The normalized spacial score (nSPS) is 47.7. The topological polar surface area (TPSA) is 78.8 Å². The van der Waals surface area contributed by atoms with Gasteiger partial charge in [0.2, 0.25) is 0 Å². The van der Waals surface area contributed by atoms with Crippen molar-refractivity contribution in [1.82, 2.24) is 5.32 Å². The van der Waals surface area contributed by atoms with Crippen molar-refractivity contribution >= 4 is 6.09 Å². The number of hydrogen-bond donors (Lipinski definition) is 3. The highest BCUT2D eigenvalue weighted by atomic mass is 16.5. The van der Waals surface area contributed by atoms with Crippen molar-refractivity contribution < 1.29 is 19.7 Å². The van der Waals surface area contributed by atoms with Crippen molar-refractivity contribution in [3.63, 3.8) is 0 Å². The average Bonchev–Trinajstić information content (AvgIpc) is 3.12. The van der Waals surface area contributed by atoms with Gasteiger partial charge in [-0.25, -0.2) is 4.79 Å². The molecular formula is C28H49NO4. The van der Waals surface area contributed by atoms with E-state index in [2.05, 4.69) is 33.0 Å². The van der Waals surface area contributed by atoms with E-state index >= 15 is 0 Å². The first-order valence-electron chi connectivity index (χ1n) is 13.9. The summed E-state index contributed by atoms with van der Waals surface area (Å²) in [5.74, 6) is 3.48. The molecule has 4 saturated carbocycles. The molecule has 0 aromatic carbocycles. The Kier molecular flexibility index (Phi) is 7.42. The second-order valence-electron chi connectivity index (χ2n) is 12.6. The molecular weight excluding hydrogens is 414 g/mol. The summed E-state index contributed by atoms with van der Waals surface area (Å²) < 4.78 is 5.38. The fourth-order valence-corrected chi connectivity index (χ4v) is 9.67. The molecule has 0 aliphatic heterocycles. The van der Waals surface area contributed by atoms with Crippen LogP contribution < -0.4 is 5.32 Å². The summed E-state index contributed by atoms with van der Waals surface area (Å²) in [4.78, 5) is 11.7. The van der Waals surface area contributed by atoms with E-state index in [1.807, 2.05) is 6.92 Å². The van der Waals surface area contributed by atoms with Gasteiger partial charge in [0.15, 0.2) is 0 Å². The molecule has 5 heteroatoms. The second-order valence-corrected chi connectivity index (χ2v) is 12.6. The zero-order valence-electron chi connectivity index (χ0n) is 21.7. The molecule has 0 unspecified atom stereocenters. The van der Waals surface area contributed by atoms with Crippen molar-refractivity contribution in [2.75, 3.05) is 13.2 Å². The van der Waals surface area contributed by atoms with Gasteiger partial charge in [0, 0.05) is 6.54 Å². The minimum atomic E-state index is -0.308. The van der Waals surface area contributed by atoms with Crippen molar-refractivity contribution in [2.45, 2.75) is 105 Å². The number of aliphatic hydroxyl groups excluding tert-OH is 2. The standard InChI is InChI=1S/C28H49NO4/c1-6-19-23-16-18(30)10-13-28(23,5)22-11-14-27(4)20(8-9-21(27)24(22)25(19)31)17(3)12-15-33-26(32)29-7-2/h17-25,30-31H,6-16H2,1-5H3,(H,29,32)/t17-,18-,19-,20-,21+,22+,23+,24+,25-,27-,28-/m1/s1. The number of carbonyl (C=O) groups excluding carboxylic acids is 1. The number of rotatable bonds is 6. The number of fused-ring (bicyclic) bond motifs is 5. The van der Waals surface area contributed by atoms with Crippen LogP contribution in [-0.2, 0) is 4.74 Å². The lowest BCUT2D eigenvalue weighted by atomic mass is 9.41. The van der Waals surface area contributed by atoms with E-state index in [0.29, 0.717) is 54.6 Å². The fourth-order valence-electron chi connectivity index (χ4n) is 9.67. The van der Waals surface area contributed by atoms with Crippen LogP contribution in [-0.4, -0.2) is 41.7 Å². The highest BCUT2D eigenvalue weighted by Crippen LogP contribution is 2.69. The molecule has 3 N–H and O–H groups in total. The smallest absolute Gasteiger partial charge is 0.407 e. The van der Waals surface area contributed by atoms with Crippen molar-refractivity contribution in [3.8, 4) is 0 Å². The van der Waals surface area contributed by atoms with Gasteiger partial charge in [-0.1, -0.05) is 34.1 Å². The predicted octanol–water partition coefficient (Wildman–Crippen LogP) is 5.39. The molecule has 0 aromatic rings. The number of amides is 1. The molecule has 0 heterocycles. The second kappa shape index (κ2) is 9.68. The first-order valence-corrected chi connectivity index (χ1v) is 13.9. The first kappa shape index (κ1) is 25.3. The van der Waals surface area contributed by atoms with Gasteiger partial charge in [0.05, 0.1) is 18.8 Å². The lowest BCUT2D eigenvalue weighted by molar-refractivity contribution is -0.203. The highest BCUT2D eigenvalue weighted by Gasteiger charge is 2.64. The Morgan fingerprint density at radius 3 is 2.42 bits per heavy atom. The van der Waals surface area contributed by atoms with E-state index in [0.717, 1.165) is 32.1 Å². The molecule has 5 nitrogen and oxygen atoms in total. The third-order valence-electron chi connectivity index (χ3n) is 11.3. The average molecular weight is 464 g/mol. The molecule has 0 spiro atoms. The molecule has 11 atom stereocenters. The molecule has 0 radical (unpaired) electrons. The van der Waals surface area contributed by atoms with Crippen LogP contribution in [0.2, 0.25) is 0 Å². The Bertz CT molecular complexity index is 699. The van der Waals surface area contributed by atoms with Gasteiger partial charge in [0.25, 0.3) is 0 Å². The molecule has 4 aliphatic rings. The monoisotopic (exact) mass is 463 g/mol. The first-order chi connectivity index (χ1) is 15.7. The summed E-state index contributed by atoms with van der Waals surface area (Å²) in [7, 11) is 0. The molecule has 1 amide bonds. The van der Waals surface area contributed by atoms with Crippen LogP contribution in [0.15, 0.2) is 0 Å². The third-order valence-corrected chi connectivity index (χ3v) is 11.3. The quantitative estimate of drug-likeness (QED) is 0.494. The van der Waals surface area contributed by atoms with Crippen LogP contribution in [0.25, 0.3) is 0 Å². The van der Waals surface area contributed by atoms with E-state index in [1.54, 1.807) is 0 Å². The van der Waals surface area contributed by atoms with Crippen LogP contribution >= 0.6 is 0 Å². The van der Waals surface area contributed by atoms with Gasteiger partial charge in [-0.15, -0.1) is 0 Å². The van der Waals surface area contributed by atoms with Crippen LogP contribution in [0.3, 0.4) is 0 Å². The number of ether oxygens (including phenoxy) is 1. The van der Waals surface area contributed by atoms with Crippen LogP contribution in [0, 0.1) is 52.3 Å². The number of carbonyl (C=O) groups is 1. The lowest BCUT2D eigenvalue weighted by Gasteiger charge is -2.64. The number of alkyl carbamates (subject to hydrolysis) is 1. The third kappa shape index (κ3) is 4.24. The van der Waals surface area contributed by atoms with E-state index < -0.39 is 0 Å². The summed E-state index contributed by atoms with van der Waals surface area (Å²) in [5, 5.41) is 25.0. The Hall–Kier alpha value is -0.810. The van der Waals surface area contributed by atoms with E-state index in [9.17, 15) is 15.0 Å². The maximum Gasteiger partial charge on any atom is 0.407 e. The van der Waals surface area contributed by atoms with Gasteiger partial charge < -0.3 is 20.3 Å². The van der Waals surface area contributed by atoms with E-state index in [4.69, 9.17) is 4.74 Å². The van der Waals surface area contributed by atoms with Crippen LogP contribution in [0.5, 0.6) is 0 Å². The Morgan fingerprint density at radius 2 is 1.73 bits per heavy atom. The molecule has 0 aromatic heterocycles. The Morgan fingerprint density at radius 1 is 1.03 bits per heavy atom. The minimum absolute atomic E-state index is 0.187. The zero-order chi connectivity index (χ0) is 24.0. The van der Waals surface area contributed by atoms with Gasteiger partial charge in [-0.3, -0.25) is 0 Å². The molecule has 0 bridgehead atoms.